The lowest BCUT2D eigenvalue weighted by atomic mass is 10.1. The molecular formula is C17H20F2N2. The Morgan fingerprint density at radius 1 is 1.10 bits per heavy atom. The van der Waals surface area contributed by atoms with E-state index in [2.05, 4.69) is 19.1 Å². The summed E-state index contributed by atoms with van der Waals surface area (Å²) < 4.78 is 26.6. The van der Waals surface area contributed by atoms with Gasteiger partial charge < -0.3 is 10.6 Å². The van der Waals surface area contributed by atoms with E-state index in [1.54, 1.807) is 0 Å². The molecule has 0 heterocycles. The molecule has 112 valence electrons. The summed E-state index contributed by atoms with van der Waals surface area (Å²) in [6.07, 6.45) is 0.990. The van der Waals surface area contributed by atoms with E-state index in [9.17, 15) is 8.78 Å². The summed E-state index contributed by atoms with van der Waals surface area (Å²) in [5.41, 5.74) is 8.65. The van der Waals surface area contributed by atoms with Crippen molar-refractivity contribution in [2.24, 2.45) is 5.73 Å². The molecule has 0 bridgehead atoms. The van der Waals surface area contributed by atoms with E-state index in [0.29, 0.717) is 12.1 Å². The second-order valence-corrected chi connectivity index (χ2v) is 5.17. The van der Waals surface area contributed by atoms with Crippen molar-refractivity contribution in [2.75, 3.05) is 18.5 Å². The normalized spacial score (nSPS) is 12.2. The Bertz CT molecular complexity index is 596. The third-order valence-electron chi connectivity index (χ3n) is 3.62. The standard InChI is InChI=1S/C17H20F2N2/c1-3-12-4-7-14(8-5-12)21(2)11-17(20)15-9-6-13(18)10-16(15)19/h4-10,17H,3,11,20H2,1-2H3. The average Bonchev–Trinajstić information content (AvgIpc) is 2.47. The zero-order chi connectivity index (χ0) is 15.4. The zero-order valence-electron chi connectivity index (χ0n) is 12.3. The third-order valence-corrected chi connectivity index (χ3v) is 3.62. The van der Waals surface area contributed by atoms with E-state index in [1.807, 2.05) is 24.1 Å². The predicted molar refractivity (Wildman–Crippen MR) is 82.4 cm³/mol. The maximum absolute atomic E-state index is 13.7. The molecule has 0 amide bonds. The highest BCUT2D eigenvalue weighted by Gasteiger charge is 2.14. The summed E-state index contributed by atoms with van der Waals surface area (Å²) in [6.45, 7) is 2.56. The van der Waals surface area contributed by atoms with Gasteiger partial charge in [-0.25, -0.2) is 8.78 Å². The molecule has 0 saturated carbocycles. The van der Waals surface area contributed by atoms with Crippen LogP contribution < -0.4 is 10.6 Å². The number of aryl methyl sites for hydroxylation is 1. The van der Waals surface area contributed by atoms with Gasteiger partial charge in [-0.3, -0.25) is 0 Å². The van der Waals surface area contributed by atoms with Crippen molar-refractivity contribution < 1.29 is 8.78 Å². The van der Waals surface area contributed by atoms with Gasteiger partial charge in [0.05, 0.1) is 6.04 Å². The highest BCUT2D eigenvalue weighted by molar-refractivity contribution is 5.47. The number of rotatable bonds is 5. The van der Waals surface area contributed by atoms with Gasteiger partial charge in [-0.05, 0) is 30.2 Å². The quantitative estimate of drug-likeness (QED) is 0.910. The smallest absolute Gasteiger partial charge is 0.130 e. The molecule has 0 aliphatic heterocycles. The first-order valence-corrected chi connectivity index (χ1v) is 7.02. The summed E-state index contributed by atoms with van der Waals surface area (Å²) in [4.78, 5) is 1.97. The summed E-state index contributed by atoms with van der Waals surface area (Å²) in [6, 6.07) is 11.2. The van der Waals surface area contributed by atoms with E-state index >= 15 is 0 Å². The molecule has 0 fully saturated rings. The minimum absolute atomic E-state index is 0.327. The zero-order valence-corrected chi connectivity index (χ0v) is 12.3. The van der Waals surface area contributed by atoms with E-state index < -0.39 is 17.7 Å². The Morgan fingerprint density at radius 3 is 2.33 bits per heavy atom. The van der Waals surface area contributed by atoms with Crippen molar-refractivity contribution >= 4 is 5.69 Å². The largest absolute Gasteiger partial charge is 0.373 e. The molecule has 2 aromatic carbocycles. The first kappa shape index (κ1) is 15.4. The Kier molecular flexibility index (Phi) is 4.91. The van der Waals surface area contributed by atoms with Gasteiger partial charge >= 0.3 is 0 Å². The minimum Gasteiger partial charge on any atom is -0.373 e. The third kappa shape index (κ3) is 3.79. The number of benzene rings is 2. The van der Waals surface area contributed by atoms with E-state index in [1.165, 1.54) is 17.7 Å². The number of nitrogens with zero attached hydrogens (tertiary/aromatic N) is 1. The summed E-state index contributed by atoms with van der Waals surface area (Å²) in [7, 11) is 1.91. The average molecular weight is 290 g/mol. The van der Waals surface area contributed by atoms with E-state index in [4.69, 9.17) is 5.73 Å². The first-order chi connectivity index (χ1) is 10.0. The molecule has 0 spiro atoms. The van der Waals surface area contributed by atoms with Crippen molar-refractivity contribution in [1.29, 1.82) is 0 Å². The highest BCUT2D eigenvalue weighted by atomic mass is 19.1. The maximum atomic E-state index is 13.7. The van der Waals surface area contributed by atoms with Crippen LogP contribution in [0.15, 0.2) is 42.5 Å². The fourth-order valence-electron chi connectivity index (χ4n) is 2.29. The Hall–Kier alpha value is -1.94. The van der Waals surface area contributed by atoms with Crippen LogP contribution in [0.5, 0.6) is 0 Å². The summed E-state index contributed by atoms with van der Waals surface area (Å²) >= 11 is 0. The lowest BCUT2D eigenvalue weighted by Crippen LogP contribution is -2.29. The van der Waals surface area contributed by atoms with Gasteiger partial charge in [0, 0.05) is 30.9 Å². The van der Waals surface area contributed by atoms with Gasteiger partial charge in [-0.1, -0.05) is 25.1 Å². The van der Waals surface area contributed by atoms with Crippen LogP contribution in [-0.2, 0) is 6.42 Å². The molecule has 4 heteroatoms. The number of anilines is 1. The molecule has 0 radical (unpaired) electrons. The molecule has 21 heavy (non-hydrogen) atoms. The Balaban J connectivity index is 2.08. The van der Waals surface area contributed by atoms with Crippen LogP contribution in [0.1, 0.15) is 24.1 Å². The molecule has 2 nitrogen and oxygen atoms in total. The predicted octanol–water partition coefficient (Wildman–Crippen LogP) is 3.66. The van der Waals surface area contributed by atoms with Crippen molar-refractivity contribution in [1.82, 2.24) is 0 Å². The summed E-state index contributed by atoms with van der Waals surface area (Å²) in [5, 5.41) is 0. The molecule has 2 N–H and O–H groups in total. The summed E-state index contributed by atoms with van der Waals surface area (Å²) in [5.74, 6) is -1.19. The second kappa shape index (κ2) is 6.68. The molecule has 0 saturated heterocycles. The second-order valence-electron chi connectivity index (χ2n) is 5.17. The van der Waals surface area contributed by atoms with Gasteiger partial charge in [0.15, 0.2) is 0 Å². The Morgan fingerprint density at radius 2 is 1.76 bits per heavy atom. The molecule has 1 atom stereocenters. The van der Waals surface area contributed by atoms with Gasteiger partial charge in [0.2, 0.25) is 0 Å². The topological polar surface area (TPSA) is 29.3 Å². The van der Waals surface area contributed by atoms with Crippen molar-refractivity contribution in [3.8, 4) is 0 Å². The lowest BCUT2D eigenvalue weighted by Gasteiger charge is -2.24. The molecule has 0 aliphatic carbocycles. The van der Waals surface area contributed by atoms with Gasteiger partial charge in [0.1, 0.15) is 11.6 Å². The fourth-order valence-corrected chi connectivity index (χ4v) is 2.29. The van der Waals surface area contributed by atoms with Crippen LogP contribution in [0.4, 0.5) is 14.5 Å². The number of likely N-dealkylation sites (N-methyl/N-ethyl adjacent to an activating group) is 1. The van der Waals surface area contributed by atoms with E-state index in [-0.39, 0.29) is 0 Å². The highest BCUT2D eigenvalue weighted by Crippen LogP contribution is 2.20. The Labute approximate surface area is 124 Å². The number of nitrogens with two attached hydrogens (primary N) is 1. The van der Waals surface area contributed by atoms with E-state index in [0.717, 1.165) is 18.2 Å². The van der Waals surface area contributed by atoms with Crippen LogP contribution in [0.3, 0.4) is 0 Å². The molecule has 2 aromatic rings. The van der Waals surface area contributed by atoms with Crippen LogP contribution in [0.2, 0.25) is 0 Å². The monoisotopic (exact) mass is 290 g/mol. The molecule has 1 unspecified atom stereocenters. The van der Waals surface area contributed by atoms with Crippen molar-refractivity contribution in [3.05, 3.63) is 65.2 Å². The fraction of sp³-hybridized carbons (Fsp3) is 0.294. The van der Waals surface area contributed by atoms with Crippen molar-refractivity contribution in [3.63, 3.8) is 0 Å². The van der Waals surface area contributed by atoms with Gasteiger partial charge in [-0.2, -0.15) is 0 Å². The molecular weight excluding hydrogens is 270 g/mol. The van der Waals surface area contributed by atoms with Crippen LogP contribution in [0, 0.1) is 11.6 Å². The number of halogens is 2. The van der Waals surface area contributed by atoms with Crippen molar-refractivity contribution in [2.45, 2.75) is 19.4 Å². The maximum Gasteiger partial charge on any atom is 0.130 e. The number of hydrogen-bond acceptors (Lipinski definition) is 2. The molecule has 0 aliphatic rings. The van der Waals surface area contributed by atoms with Crippen LogP contribution in [-0.4, -0.2) is 13.6 Å². The molecule has 2 rings (SSSR count). The van der Waals surface area contributed by atoms with Gasteiger partial charge in [-0.15, -0.1) is 0 Å². The van der Waals surface area contributed by atoms with Crippen LogP contribution >= 0.6 is 0 Å². The van der Waals surface area contributed by atoms with Gasteiger partial charge in [0.25, 0.3) is 0 Å². The molecule has 0 aromatic heterocycles. The lowest BCUT2D eigenvalue weighted by molar-refractivity contribution is 0.554. The number of hydrogen-bond donors (Lipinski definition) is 1. The van der Waals surface area contributed by atoms with Crippen LogP contribution in [0.25, 0.3) is 0 Å². The minimum atomic E-state index is -0.600. The SMILES string of the molecule is CCc1ccc(N(C)CC(N)c2ccc(F)cc2F)cc1. The first-order valence-electron chi connectivity index (χ1n) is 7.02.